The molecule has 0 spiro atoms. The van der Waals surface area contributed by atoms with E-state index in [1.165, 1.54) is 6.07 Å². The second-order valence-corrected chi connectivity index (χ2v) is 11.0. The van der Waals surface area contributed by atoms with Gasteiger partial charge in [-0.15, -0.1) is 0 Å². The largest absolute Gasteiger partial charge is 0.492 e. The first kappa shape index (κ1) is 27.9. The summed E-state index contributed by atoms with van der Waals surface area (Å²) in [6.07, 6.45) is -2.43. The Bertz CT molecular complexity index is 1380. The summed E-state index contributed by atoms with van der Waals surface area (Å²) < 4.78 is 56.9. The Kier molecular flexibility index (Phi) is 7.27. The topological polar surface area (TPSA) is 69.7 Å². The summed E-state index contributed by atoms with van der Waals surface area (Å²) in [5.41, 5.74) is 3.08. The SMILES string of the molecule is CC1(C)OB(C(=Cc2ccc(C(F)(F)F)nc2)CNC(=O)OCC2c3ccccc3-c3ccccc32)OC1(C)C. The maximum absolute atomic E-state index is 13.0. The normalized spacial score (nSPS) is 17.9. The Morgan fingerprint density at radius 1 is 0.975 bits per heavy atom. The summed E-state index contributed by atoms with van der Waals surface area (Å²) in [4.78, 5) is 16.4. The van der Waals surface area contributed by atoms with Crippen LogP contribution in [0.4, 0.5) is 18.0 Å². The molecule has 2 aromatic carbocycles. The number of carbonyl (C=O) groups excluding carboxylic acids is 1. The van der Waals surface area contributed by atoms with Crippen molar-refractivity contribution < 1.29 is 32.0 Å². The van der Waals surface area contributed by atoms with Crippen molar-refractivity contribution in [3.05, 3.63) is 94.7 Å². The number of alkyl carbamates (subject to hydrolysis) is 1. The Morgan fingerprint density at radius 3 is 2.08 bits per heavy atom. The number of nitrogens with one attached hydrogen (secondary N) is 1. The van der Waals surface area contributed by atoms with Gasteiger partial charge in [-0.2, -0.15) is 13.2 Å². The van der Waals surface area contributed by atoms with E-state index >= 15 is 0 Å². The standard InChI is InChI=1S/C30H30BF3N2O4/c1-28(2)29(3,4)40-31(39-28)20(15-19-13-14-26(35-16-19)30(32,33)34)17-36-27(37)38-18-25-23-11-7-5-9-21(23)22-10-6-8-12-24(22)25/h5-16,25H,17-18H2,1-4H3,(H,36,37). The lowest BCUT2D eigenvalue weighted by atomic mass is 9.77. The van der Waals surface area contributed by atoms with E-state index in [-0.39, 0.29) is 19.1 Å². The molecule has 1 aliphatic heterocycles. The summed E-state index contributed by atoms with van der Waals surface area (Å²) in [5, 5.41) is 2.75. The number of hydrogen-bond acceptors (Lipinski definition) is 5. The number of rotatable bonds is 6. The lowest BCUT2D eigenvalue weighted by Gasteiger charge is -2.32. The van der Waals surface area contributed by atoms with E-state index in [1.807, 2.05) is 64.1 Å². The first-order valence-corrected chi connectivity index (χ1v) is 13.0. The predicted molar refractivity (Wildman–Crippen MR) is 146 cm³/mol. The van der Waals surface area contributed by atoms with Crippen molar-refractivity contribution in [1.29, 1.82) is 0 Å². The highest BCUT2D eigenvalue weighted by Gasteiger charge is 2.52. The van der Waals surface area contributed by atoms with Crippen LogP contribution in [0, 0.1) is 0 Å². The third kappa shape index (κ3) is 5.51. The predicted octanol–water partition coefficient (Wildman–Crippen LogP) is 6.65. The Morgan fingerprint density at radius 2 is 1.55 bits per heavy atom. The number of alkyl halides is 3. The van der Waals surface area contributed by atoms with Crippen molar-refractivity contribution in [1.82, 2.24) is 10.3 Å². The molecule has 2 aliphatic rings. The third-order valence-corrected chi connectivity index (χ3v) is 7.77. The van der Waals surface area contributed by atoms with E-state index in [0.717, 1.165) is 34.5 Å². The van der Waals surface area contributed by atoms with Crippen LogP contribution in [-0.2, 0) is 20.2 Å². The molecule has 208 valence electrons. The molecule has 1 fully saturated rings. The van der Waals surface area contributed by atoms with Crippen LogP contribution in [-0.4, -0.2) is 42.5 Å². The third-order valence-electron chi connectivity index (χ3n) is 7.77. The van der Waals surface area contributed by atoms with Crippen molar-refractivity contribution >= 4 is 19.3 Å². The van der Waals surface area contributed by atoms with E-state index < -0.39 is 36.3 Å². The van der Waals surface area contributed by atoms with Gasteiger partial charge in [0.25, 0.3) is 0 Å². The number of hydrogen-bond donors (Lipinski definition) is 1. The molecule has 1 amide bonds. The Hall–Kier alpha value is -3.63. The molecule has 0 unspecified atom stereocenters. The molecule has 0 saturated carbocycles. The fourth-order valence-corrected chi connectivity index (χ4v) is 4.89. The molecule has 40 heavy (non-hydrogen) atoms. The molecule has 1 aromatic heterocycles. The zero-order valence-corrected chi connectivity index (χ0v) is 22.7. The van der Waals surface area contributed by atoms with Crippen molar-refractivity contribution in [2.24, 2.45) is 0 Å². The van der Waals surface area contributed by atoms with Gasteiger partial charge in [0, 0.05) is 18.7 Å². The van der Waals surface area contributed by atoms with Crippen molar-refractivity contribution in [3.8, 4) is 11.1 Å². The molecular formula is C30H30BF3N2O4. The second kappa shape index (κ2) is 10.4. The number of ether oxygens (including phenoxy) is 1. The minimum Gasteiger partial charge on any atom is -0.449 e. The van der Waals surface area contributed by atoms with Crippen molar-refractivity contribution in [3.63, 3.8) is 0 Å². The van der Waals surface area contributed by atoms with Gasteiger partial charge in [-0.3, -0.25) is 4.98 Å². The molecule has 0 atom stereocenters. The van der Waals surface area contributed by atoms with Crippen molar-refractivity contribution in [2.75, 3.05) is 13.2 Å². The van der Waals surface area contributed by atoms with Gasteiger partial charge in [0.1, 0.15) is 12.3 Å². The monoisotopic (exact) mass is 550 g/mol. The number of carbonyl (C=O) groups is 1. The van der Waals surface area contributed by atoms with Gasteiger partial charge in [-0.05, 0) is 67.1 Å². The minimum absolute atomic E-state index is 0.00543. The molecule has 3 aromatic rings. The molecule has 2 heterocycles. The van der Waals surface area contributed by atoms with Crippen LogP contribution in [0.2, 0.25) is 0 Å². The van der Waals surface area contributed by atoms with Gasteiger partial charge in [0.05, 0.1) is 11.2 Å². The van der Waals surface area contributed by atoms with Gasteiger partial charge >= 0.3 is 19.4 Å². The molecule has 6 nitrogen and oxygen atoms in total. The smallest absolute Gasteiger partial charge is 0.449 e. The summed E-state index contributed by atoms with van der Waals surface area (Å²) in [7, 11) is -0.832. The number of aromatic nitrogens is 1. The molecule has 5 rings (SSSR count). The summed E-state index contributed by atoms with van der Waals surface area (Å²) in [6, 6.07) is 18.3. The number of pyridine rings is 1. The quantitative estimate of drug-likeness (QED) is 0.348. The highest BCUT2D eigenvalue weighted by molar-refractivity contribution is 6.56. The number of amides is 1. The molecule has 1 saturated heterocycles. The Labute approximate surface area is 231 Å². The summed E-state index contributed by atoms with van der Waals surface area (Å²) in [6.45, 7) is 7.71. The first-order valence-electron chi connectivity index (χ1n) is 13.0. The van der Waals surface area contributed by atoms with E-state index in [2.05, 4.69) is 22.4 Å². The van der Waals surface area contributed by atoms with Gasteiger partial charge in [0.15, 0.2) is 0 Å². The molecular weight excluding hydrogens is 520 g/mol. The zero-order valence-electron chi connectivity index (χ0n) is 22.7. The van der Waals surface area contributed by atoms with Gasteiger partial charge < -0.3 is 19.4 Å². The second-order valence-electron chi connectivity index (χ2n) is 11.0. The Balaban J connectivity index is 1.30. The molecule has 0 radical (unpaired) electrons. The molecule has 10 heteroatoms. The maximum Gasteiger partial charge on any atom is 0.492 e. The van der Waals surface area contributed by atoms with Crippen LogP contribution in [0.1, 0.15) is 56.0 Å². The average molecular weight is 550 g/mol. The summed E-state index contributed by atoms with van der Waals surface area (Å²) >= 11 is 0. The van der Waals surface area contributed by atoms with E-state index in [0.29, 0.717) is 11.0 Å². The van der Waals surface area contributed by atoms with Crippen LogP contribution in [0.15, 0.2) is 72.3 Å². The van der Waals surface area contributed by atoms with Gasteiger partial charge in [-0.1, -0.05) is 60.7 Å². The molecule has 1 aliphatic carbocycles. The highest BCUT2D eigenvalue weighted by Crippen LogP contribution is 2.44. The molecule has 1 N–H and O–H groups in total. The highest BCUT2D eigenvalue weighted by atomic mass is 19.4. The van der Waals surface area contributed by atoms with Gasteiger partial charge in [0.2, 0.25) is 0 Å². The fourth-order valence-electron chi connectivity index (χ4n) is 4.89. The van der Waals surface area contributed by atoms with Crippen LogP contribution >= 0.6 is 0 Å². The first-order chi connectivity index (χ1) is 18.9. The van der Waals surface area contributed by atoms with Crippen LogP contribution in [0.3, 0.4) is 0 Å². The number of nitrogens with zero attached hydrogens (tertiary/aromatic N) is 1. The van der Waals surface area contributed by atoms with Crippen LogP contribution in [0.5, 0.6) is 0 Å². The lowest BCUT2D eigenvalue weighted by Crippen LogP contribution is -2.41. The maximum atomic E-state index is 13.0. The van der Waals surface area contributed by atoms with E-state index in [4.69, 9.17) is 14.0 Å². The fraction of sp³-hybridized carbons (Fsp3) is 0.333. The lowest BCUT2D eigenvalue weighted by molar-refractivity contribution is -0.141. The van der Waals surface area contributed by atoms with Gasteiger partial charge in [-0.25, -0.2) is 4.79 Å². The number of halogens is 3. The number of benzene rings is 2. The van der Waals surface area contributed by atoms with Crippen LogP contribution < -0.4 is 5.32 Å². The van der Waals surface area contributed by atoms with E-state index in [1.54, 1.807) is 6.08 Å². The van der Waals surface area contributed by atoms with Crippen LogP contribution in [0.25, 0.3) is 17.2 Å². The average Bonchev–Trinajstić information content (AvgIpc) is 3.34. The summed E-state index contributed by atoms with van der Waals surface area (Å²) in [5.74, 6) is -0.0884. The number of fused-ring (bicyclic) bond motifs is 3. The minimum atomic E-state index is -4.54. The zero-order chi connectivity index (χ0) is 28.7. The van der Waals surface area contributed by atoms with Crippen molar-refractivity contribution in [2.45, 2.75) is 51.0 Å². The van der Waals surface area contributed by atoms with E-state index in [9.17, 15) is 18.0 Å². The molecule has 0 bridgehead atoms.